The summed E-state index contributed by atoms with van der Waals surface area (Å²) >= 11 is 5.86. The Morgan fingerprint density at radius 3 is 2.85 bits per heavy atom. The average molecular weight is 195 g/mol. The van der Waals surface area contributed by atoms with Gasteiger partial charge in [0.05, 0.1) is 0 Å². The first kappa shape index (κ1) is 8.76. The van der Waals surface area contributed by atoms with E-state index in [0.717, 1.165) is 11.4 Å². The zero-order chi connectivity index (χ0) is 9.42. The van der Waals surface area contributed by atoms with Crippen molar-refractivity contribution in [3.8, 4) is 0 Å². The topological polar surface area (TPSA) is 17.1 Å². The number of benzene rings is 1. The van der Waals surface area contributed by atoms with Crippen LogP contribution < -0.4 is 0 Å². The van der Waals surface area contributed by atoms with Crippen molar-refractivity contribution in [2.75, 3.05) is 0 Å². The average Bonchev–Trinajstić information content (AvgIpc) is 2.82. The lowest BCUT2D eigenvalue weighted by molar-refractivity contribution is -0.118. The molecule has 13 heavy (non-hydrogen) atoms. The minimum absolute atomic E-state index is 0.249. The van der Waals surface area contributed by atoms with Crippen LogP contribution in [0.2, 0.25) is 5.02 Å². The molecule has 1 aliphatic carbocycles. The van der Waals surface area contributed by atoms with Crippen LogP contribution in [-0.4, -0.2) is 5.78 Å². The van der Waals surface area contributed by atoms with E-state index in [1.807, 2.05) is 24.3 Å². The lowest BCUT2D eigenvalue weighted by Crippen LogP contribution is -1.94. The maximum atomic E-state index is 11.0. The molecule has 0 spiro atoms. The molecule has 0 N–H and O–H groups in total. The maximum absolute atomic E-state index is 11.0. The van der Waals surface area contributed by atoms with Crippen LogP contribution in [0.4, 0.5) is 0 Å². The molecule has 1 aliphatic rings. The Hall–Kier alpha value is -0.820. The summed E-state index contributed by atoms with van der Waals surface area (Å²) in [5, 5.41) is 0.756. The fourth-order valence-electron chi connectivity index (χ4n) is 1.75. The predicted molar refractivity (Wildman–Crippen MR) is 53.0 cm³/mol. The fraction of sp³-hybridized carbons (Fsp3) is 0.364. The highest BCUT2D eigenvalue weighted by Crippen LogP contribution is 2.48. The molecule has 68 valence electrons. The van der Waals surface area contributed by atoms with E-state index in [1.165, 1.54) is 5.56 Å². The van der Waals surface area contributed by atoms with Crippen LogP contribution in [0.25, 0.3) is 0 Å². The molecule has 2 atom stereocenters. The molecule has 0 bridgehead atoms. The van der Waals surface area contributed by atoms with E-state index in [-0.39, 0.29) is 5.92 Å². The monoisotopic (exact) mass is 194 g/mol. The summed E-state index contributed by atoms with van der Waals surface area (Å²) in [5.41, 5.74) is 1.20. The fourth-order valence-corrected chi connectivity index (χ4v) is 1.95. The highest BCUT2D eigenvalue weighted by Gasteiger charge is 2.41. The molecule has 1 aromatic carbocycles. The van der Waals surface area contributed by atoms with Crippen LogP contribution in [0.3, 0.4) is 0 Å². The van der Waals surface area contributed by atoms with Crippen LogP contribution in [-0.2, 0) is 4.79 Å². The summed E-state index contributed by atoms with van der Waals surface area (Å²) < 4.78 is 0. The lowest BCUT2D eigenvalue weighted by atomic mass is 10.1. The predicted octanol–water partition coefficient (Wildman–Crippen LogP) is 3.03. The molecule has 0 amide bonds. The Morgan fingerprint density at radius 1 is 1.54 bits per heavy atom. The van der Waals surface area contributed by atoms with Crippen LogP contribution >= 0.6 is 11.6 Å². The number of rotatable bonds is 2. The Balaban J connectivity index is 2.16. The van der Waals surface area contributed by atoms with Gasteiger partial charge < -0.3 is 0 Å². The Kier molecular flexibility index (Phi) is 2.12. The van der Waals surface area contributed by atoms with Gasteiger partial charge in [0, 0.05) is 10.9 Å². The van der Waals surface area contributed by atoms with Gasteiger partial charge in [-0.2, -0.15) is 0 Å². The van der Waals surface area contributed by atoms with Gasteiger partial charge in [-0.1, -0.05) is 23.7 Å². The minimum Gasteiger partial charge on any atom is -0.300 e. The van der Waals surface area contributed by atoms with Crippen molar-refractivity contribution >= 4 is 17.4 Å². The summed E-state index contributed by atoms with van der Waals surface area (Å²) in [4.78, 5) is 11.0. The molecular weight excluding hydrogens is 184 g/mol. The second-order valence-electron chi connectivity index (χ2n) is 3.61. The second kappa shape index (κ2) is 3.15. The highest BCUT2D eigenvalue weighted by molar-refractivity contribution is 6.30. The number of hydrogen-bond donors (Lipinski definition) is 0. The molecular formula is C11H11ClO. The summed E-state index contributed by atoms with van der Waals surface area (Å²) in [6, 6.07) is 7.79. The minimum atomic E-state index is 0.249. The standard InChI is InChI=1S/C11H11ClO/c1-7(13)10-6-11(10)8-3-2-4-9(12)5-8/h2-5,10-11H,6H2,1H3/t10-,11+/m1/s1. The normalized spacial score (nSPS) is 25.7. The number of carbonyl (C=O) groups is 1. The first-order chi connectivity index (χ1) is 6.18. The van der Waals surface area contributed by atoms with E-state index < -0.39 is 0 Å². The van der Waals surface area contributed by atoms with Crippen molar-refractivity contribution in [1.82, 2.24) is 0 Å². The molecule has 0 unspecified atom stereocenters. The zero-order valence-electron chi connectivity index (χ0n) is 7.46. The lowest BCUT2D eigenvalue weighted by Gasteiger charge is -1.98. The molecule has 0 aromatic heterocycles. The Bertz CT molecular complexity index is 346. The molecule has 1 nitrogen and oxygen atoms in total. The van der Waals surface area contributed by atoms with Gasteiger partial charge >= 0.3 is 0 Å². The van der Waals surface area contributed by atoms with Crippen LogP contribution in [0.1, 0.15) is 24.8 Å². The van der Waals surface area contributed by atoms with E-state index in [9.17, 15) is 4.79 Å². The molecule has 1 fully saturated rings. The molecule has 0 radical (unpaired) electrons. The molecule has 0 heterocycles. The van der Waals surface area contributed by atoms with Gasteiger partial charge in [-0.3, -0.25) is 4.79 Å². The van der Waals surface area contributed by atoms with Crippen molar-refractivity contribution in [2.24, 2.45) is 5.92 Å². The van der Waals surface area contributed by atoms with E-state index >= 15 is 0 Å². The SMILES string of the molecule is CC(=O)[C@H]1C[C@H]1c1cccc(Cl)c1. The summed E-state index contributed by atoms with van der Waals surface area (Å²) in [5.74, 6) is 0.972. The summed E-state index contributed by atoms with van der Waals surface area (Å²) in [7, 11) is 0. The van der Waals surface area contributed by atoms with E-state index in [4.69, 9.17) is 11.6 Å². The van der Waals surface area contributed by atoms with Gasteiger partial charge in [-0.05, 0) is 37.0 Å². The number of ketones is 1. The van der Waals surface area contributed by atoms with Crippen molar-refractivity contribution in [3.63, 3.8) is 0 Å². The molecule has 0 saturated heterocycles. The number of Topliss-reactive ketones (excluding diaryl/α,β-unsaturated/α-hetero) is 1. The number of halogens is 1. The Morgan fingerprint density at radius 2 is 2.31 bits per heavy atom. The van der Waals surface area contributed by atoms with Gasteiger partial charge in [0.15, 0.2) is 0 Å². The third-order valence-corrected chi connectivity index (χ3v) is 2.82. The van der Waals surface area contributed by atoms with Crippen LogP contribution in [0.5, 0.6) is 0 Å². The zero-order valence-corrected chi connectivity index (χ0v) is 8.21. The summed E-state index contributed by atoms with van der Waals surface area (Å²) in [6.07, 6.45) is 0.996. The van der Waals surface area contributed by atoms with Crippen molar-refractivity contribution in [1.29, 1.82) is 0 Å². The first-order valence-electron chi connectivity index (χ1n) is 4.44. The third-order valence-electron chi connectivity index (χ3n) is 2.59. The Labute approximate surface area is 82.7 Å². The largest absolute Gasteiger partial charge is 0.300 e. The maximum Gasteiger partial charge on any atom is 0.133 e. The molecule has 1 aromatic rings. The molecule has 2 heteroatoms. The van der Waals surface area contributed by atoms with E-state index in [0.29, 0.717) is 11.7 Å². The molecule has 0 aliphatic heterocycles. The highest BCUT2D eigenvalue weighted by atomic mass is 35.5. The van der Waals surface area contributed by atoms with Crippen LogP contribution in [0, 0.1) is 5.92 Å². The van der Waals surface area contributed by atoms with Crippen molar-refractivity contribution in [3.05, 3.63) is 34.9 Å². The third kappa shape index (κ3) is 1.75. The van der Waals surface area contributed by atoms with Gasteiger partial charge in [-0.25, -0.2) is 0 Å². The van der Waals surface area contributed by atoms with Gasteiger partial charge in [0.1, 0.15) is 5.78 Å². The molecule has 2 rings (SSSR count). The van der Waals surface area contributed by atoms with Crippen LogP contribution in [0.15, 0.2) is 24.3 Å². The van der Waals surface area contributed by atoms with Gasteiger partial charge in [0.25, 0.3) is 0 Å². The van der Waals surface area contributed by atoms with E-state index in [2.05, 4.69) is 0 Å². The second-order valence-corrected chi connectivity index (χ2v) is 4.05. The smallest absolute Gasteiger partial charge is 0.133 e. The van der Waals surface area contributed by atoms with Gasteiger partial charge in [0.2, 0.25) is 0 Å². The van der Waals surface area contributed by atoms with E-state index in [1.54, 1.807) is 6.92 Å². The van der Waals surface area contributed by atoms with Crippen molar-refractivity contribution < 1.29 is 4.79 Å². The van der Waals surface area contributed by atoms with Crippen molar-refractivity contribution in [2.45, 2.75) is 19.3 Å². The number of hydrogen-bond acceptors (Lipinski definition) is 1. The molecule has 1 saturated carbocycles. The summed E-state index contributed by atoms with van der Waals surface area (Å²) in [6.45, 7) is 1.66. The first-order valence-corrected chi connectivity index (χ1v) is 4.82. The quantitative estimate of drug-likeness (QED) is 0.708. The van der Waals surface area contributed by atoms with Gasteiger partial charge in [-0.15, -0.1) is 0 Å². The number of carbonyl (C=O) groups excluding carboxylic acids is 1.